The second-order valence-electron chi connectivity index (χ2n) is 7.95. The number of hydrogen-bond donors (Lipinski definition) is 0. The molecule has 3 rings (SSSR count). The van der Waals surface area contributed by atoms with Crippen LogP contribution in [-0.4, -0.2) is 27.9 Å². The molecule has 0 aliphatic carbocycles. The van der Waals surface area contributed by atoms with Crippen molar-refractivity contribution >= 4 is 21.4 Å². The maximum atomic E-state index is 14.5. The Morgan fingerprint density at radius 2 is 1.72 bits per heavy atom. The van der Waals surface area contributed by atoms with Gasteiger partial charge in [0.1, 0.15) is 11.6 Å². The van der Waals surface area contributed by atoms with Crippen molar-refractivity contribution in [3.05, 3.63) is 64.7 Å². The van der Waals surface area contributed by atoms with Gasteiger partial charge in [-0.15, -0.1) is 0 Å². The zero-order valence-corrected chi connectivity index (χ0v) is 17.8. The molecule has 0 bridgehead atoms. The standard InChI is InChI=1S/C21H23ClF2O4S/c1-21(2)12-27-20(28-13-21)10-9-19(17-11-15(23)5-8-18(17)24)29(25,26)16-6-3-14(22)4-7-16/h3-8,11,19-20H,9-10,12-13H2,1-2H3. The molecular weight excluding hydrogens is 422 g/mol. The molecule has 1 saturated heterocycles. The van der Waals surface area contributed by atoms with Gasteiger partial charge in [0, 0.05) is 16.0 Å². The van der Waals surface area contributed by atoms with Crippen molar-refractivity contribution in [2.75, 3.05) is 13.2 Å². The van der Waals surface area contributed by atoms with Gasteiger partial charge in [-0.25, -0.2) is 17.2 Å². The fourth-order valence-corrected chi connectivity index (χ4v) is 5.14. The number of hydrogen-bond acceptors (Lipinski definition) is 4. The summed E-state index contributed by atoms with van der Waals surface area (Å²) in [4.78, 5) is -0.0119. The summed E-state index contributed by atoms with van der Waals surface area (Å²) in [7, 11) is -4.01. The van der Waals surface area contributed by atoms with Crippen LogP contribution >= 0.6 is 11.6 Å². The molecule has 1 atom stereocenters. The first-order chi connectivity index (χ1) is 13.6. The lowest BCUT2D eigenvalue weighted by Crippen LogP contribution is -2.38. The van der Waals surface area contributed by atoms with Crippen molar-refractivity contribution in [3.8, 4) is 0 Å². The minimum absolute atomic E-state index is 0.0103. The number of sulfone groups is 1. The lowest BCUT2D eigenvalue weighted by Gasteiger charge is -2.35. The molecule has 2 aromatic carbocycles. The fraction of sp³-hybridized carbons (Fsp3) is 0.429. The topological polar surface area (TPSA) is 52.6 Å². The molecule has 0 N–H and O–H groups in total. The van der Waals surface area contributed by atoms with Gasteiger partial charge in [-0.1, -0.05) is 25.4 Å². The Balaban J connectivity index is 1.90. The van der Waals surface area contributed by atoms with Crippen LogP contribution in [-0.2, 0) is 19.3 Å². The van der Waals surface area contributed by atoms with Crippen LogP contribution < -0.4 is 0 Å². The smallest absolute Gasteiger partial charge is 0.185 e. The van der Waals surface area contributed by atoms with Crippen molar-refractivity contribution < 1.29 is 26.7 Å². The van der Waals surface area contributed by atoms with Crippen LogP contribution in [0.4, 0.5) is 8.78 Å². The van der Waals surface area contributed by atoms with Crippen molar-refractivity contribution in [2.45, 2.75) is 43.1 Å². The van der Waals surface area contributed by atoms with E-state index in [9.17, 15) is 17.2 Å². The fourth-order valence-electron chi connectivity index (χ4n) is 3.21. The first-order valence-electron chi connectivity index (χ1n) is 9.26. The third-order valence-electron chi connectivity index (χ3n) is 4.81. The van der Waals surface area contributed by atoms with Crippen LogP contribution in [0.25, 0.3) is 0 Å². The second-order valence-corrected chi connectivity index (χ2v) is 10.5. The van der Waals surface area contributed by atoms with Gasteiger partial charge >= 0.3 is 0 Å². The Morgan fingerprint density at radius 3 is 2.34 bits per heavy atom. The highest BCUT2D eigenvalue weighted by Crippen LogP contribution is 2.36. The molecule has 0 aromatic heterocycles. The monoisotopic (exact) mass is 444 g/mol. The summed E-state index contributed by atoms with van der Waals surface area (Å²) in [6, 6.07) is 8.44. The van der Waals surface area contributed by atoms with Crippen LogP contribution in [0.3, 0.4) is 0 Å². The van der Waals surface area contributed by atoms with Gasteiger partial charge in [-0.05, 0) is 55.3 Å². The minimum atomic E-state index is -4.01. The molecule has 8 heteroatoms. The zero-order chi connectivity index (χ0) is 21.2. The summed E-state index contributed by atoms with van der Waals surface area (Å²) in [5.74, 6) is -1.48. The van der Waals surface area contributed by atoms with Gasteiger partial charge < -0.3 is 9.47 Å². The van der Waals surface area contributed by atoms with Gasteiger partial charge in [0.05, 0.1) is 23.4 Å². The molecular formula is C21H23ClF2O4S. The van der Waals surface area contributed by atoms with E-state index in [0.29, 0.717) is 18.2 Å². The summed E-state index contributed by atoms with van der Waals surface area (Å²) in [5.41, 5.74) is -0.337. The highest BCUT2D eigenvalue weighted by atomic mass is 35.5. The zero-order valence-electron chi connectivity index (χ0n) is 16.2. The molecule has 1 fully saturated rings. The Kier molecular flexibility index (Phi) is 6.63. The quantitative estimate of drug-likeness (QED) is 0.605. The van der Waals surface area contributed by atoms with Crippen LogP contribution in [0.2, 0.25) is 5.02 Å². The van der Waals surface area contributed by atoms with Crippen LogP contribution in [0.1, 0.15) is 37.5 Å². The molecule has 0 spiro atoms. The van der Waals surface area contributed by atoms with E-state index in [0.717, 1.165) is 18.2 Å². The Hall–Kier alpha value is -1.54. The highest BCUT2D eigenvalue weighted by molar-refractivity contribution is 7.91. The van der Waals surface area contributed by atoms with E-state index >= 15 is 0 Å². The summed E-state index contributed by atoms with van der Waals surface area (Å²) < 4.78 is 66.2. The second kappa shape index (κ2) is 8.68. The molecule has 2 aromatic rings. The Bertz CT molecular complexity index is 951. The predicted molar refractivity (Wildman–Crippen MR) is 106 cm³/mol. The molecule has 1 aliphatic heterocycles. The van der Waals surface area contributed by atoms with Crippen molar-refractivity contribution in [1.29, 1.82) is 0 Å². The maximum absolute atomic E-state index is 14.5. The lowest BCUT2D eigenvalue weighted by molar-refractivity contribution is -0.224. The lowest BCUT2D eigenvalue weighted by atomic mass is 9.95. The first kappa shape index (κ1) is 22.2. The molecule has 0 amide bonds. The Labute approximate surface area is 174 Å². The summed E-state index contributed by atoms with van der Waals surface area (Å²) in [6.45, 7) is 4.94. The largest absolute Gasteiger partial charge is 0.352 e. The maximum Gasteiger partial charge on any atom is 0.185 e. The van der Waals surface area contributed by atoms with E-state index in [2.05, 4.69) is 0 Å². The molecule has 4 nitrogen and oxygen atoms in total. The minimum Gasteiger partial charge on any atom is -0.352 e. The van der Waals surface area contributed by atoms with E-state index in [4.69, 9.17) is 21.1 Å². The van der Waals surface area contributed by atoms with Crippen LogP contribution in [0, 0.1) is 17.0 Å². The number of ether oxygens (including phenoxy) is 2. The number of rotatable bonds is 6. The molecule has 29 heavy (non-hydrogen) atoms. The van der Waals surface area contributed by atoms with Gasteiger partial charge in [0.2, 0.25) is 0 Å². The molecule has 0 radical (unpaired) electrons. The molecule has 1 heterocycles. The SMILES string of the molecule is CC1(C)COC(CCC(c2cc(F)ccc2F)S(=O)(=O)c2ccc(Cl)cc2)OC1. The summed E-state index contributed by atoms with van der Waals surface area (Å²) >= 11 is 5.85. The van der Waals surface area contributed by atoms with Crippen molar-refractivity contribution in [3.63, 3.8) is 0 Å². The average molecular weight is 445 g/mol. The summed E-state index contributed by atoms with van der Waals surface area (Å²) in [6.07, 6.45) is -0.359. The predicted octanol–water partition coefficient (Wildman–Crippen LogP) is 5.31. The van der Waals surface area contributed by atoms with E-state index in [-0.39, 0.29) is 28.7 Å². The van der Waals surface area contributed by atoms with Crippen molar-refractivity contribution in [2.24, 2.45) is 5.41 Å². The van der Waals surface area contributed by atoms with Crippen LogP contribution in [0.15, 0.2) is 47.4 Å². The number of benzene rings is 2. The van der Waals surface area contributed by atoms with Gasteiger partial charge in [-0.3, -0.25) is 0 Å². The summed E-state index contributed by atoms with van der Waals surface area (Å²) in [5, 5.41) is -0.912. The van der Waals surface area contributed by atoms with E-state index in [1.54, 1.807) is 0 Å². The first-order valence-corrected chi connectivity index (χ1v) is 11.2. The number of halogens is 3. The van der Waals surface area contributed by atoms with Gasteiger partial charge in [0.15, 0.2) is 16.1 Å². The molecule has 1 unspecified atom stereocenters. The Morgan fingerprint density at radius 1 is 1.10 bits per heavy atom. The molecule has 158 valence electrons. The van der Waals surface area contributed by atoms with Gasteiger partial charge in [0.25, 0.3) is 0 Å². The van der Waals surface area contributed by atoms with Gasteiger partial charge in [-0.2, -0.15) is 0 Å². The molecule has 0 saturated carbocycles. The third kappa shape index (κ3) is 5.34. The van der Waals surface area contributed by atoms with E-state index in [1.807, 2.05) is 13.8 Å². The highest BCUT2D eigenvalue weighted by Gasteiger charge is 2.34. The van der Waals surface area contributed by atoms with Crippen LogP contribution in [0.5, 0.6) is 0 Å². The van der Waals surface area contributed by atoms with E-state index in [1.165, 1.54) is 24.3 Å². The average Bonchev–Trinajstić information content (AvgIpc) is 2.66. The van der Waals surface area contributed by atoms with Crippen molar-refractivity contribution in [1.82, 2.24) is 0 Å². The third-order valence-corrected chi connectivity index (χ3v) is 7.23. The normalized spacial score (nSPS) is 18.5. The van der Waals surface area contributed by atoms with E-state index < -0.39 is 33.0 Å². The molecule has 1 aliphatic rings.